The molecule has 3 N–H and O–H groups in total. The number of anilines is 1. The second-order valence-corrected chi connectivity index (χ2v) is 5.87. The zero-order valence-corrected chi connectivity index (χ0v) is 12.8. The second kappa shape index (κ2) is 7.08. The summed E-state index contributed by atoms with van der Waals surface area (Å²) in [6.45, 7) is 5.71. The SMILES string of the molecule is COCc1cccc(NC(=O)N[C@H](C(=O)O)C(C)(C)C)c1. The van der Waals surface area contributed by atoms with Gasteiger partial charge in [0.25, 0.3) is 0 Å². The number of carbonyl (C=O) groups excluding carboxylic acids is 1. The van der Waals surface area contributed by atoms with Crippen molar-refractivity contribution in [3.63, 3.8) is 0 Å². The predicted octanol–water partition coefficient (Wildman–Crippen LogP) is 2.45. The molecule has 0 heterocycles. The molecule has 1 aromatic carbocycles. The van der Waals surface area contributed by atoms with Gasteiger partial charge in [-0.05, 0) is 23.1 Å². The molecule has 1 atom stereocenters. The molecule has 0 aliphatic rings. The van der Waals surface area contributed by atoms with Crippen LogP contribution < -0.4 is 10.6 Å². The molecule has 6 nitrogen and oxygen atoms in total. The lowest BCUT2D eigenvalue weighted by Crippen LogP contribution is -2.50. The van der Waals surface area contributed by atoms with E-state index in [1.165, 1.54) is 0 Å². The van der Waals surface area contributed by atoms with Crippen LogP contribution in [0, 0.1) is 5.41 Å². The molecule has 0 aliphatic heterocycles. The van der Waals surface area contributed by atoms with E-state index >= 15 is 0 Å². The van der Waals surface area contributed by atoms with E-state index < -0.39 is 23.5 Å². The van der Waals surface area contributed by atoms with Gasteiger partial charge in [0.1, 0.15) is 6.04 Å². The van der Waals surface area contributed by atoms with Crippen molar-refractivity contribution in [2.75, 3.05) is 12.4 Å². The average molecular weight is 294 g/mol. The minimum Gasteiger partial charge on any atom is -0.480 e. The van der Waals surface area contributed by atoms with Gasteiger partial charge in [-0.25, -0.2) is 9.59 Å². The van der Waals surface area contributed by atoms with Crippen molar-refractivity contribution in [2.24, 2.45) is 5.41 Å². The van der Waals surface area contributed by atoms with Crippen molar-refractivity contribution in [3.8, 4) is 0 Å². The number of nitrogens with one attached hydrogen (secondary N) is 2. The van der Waals surface area contributed by atoms with Gasteiger partial charge in [0, 0.05) is 12.8 Å². The van der Waals surface area contributed by atoms with E-state index in [0.29, 0.717) is 12.3 Å². The van der Waals surface area contributed by atoms with E-state index in [2.05, 4.69) is 10.6 Å². The Labute approximate surface area is 124 Å². The molecule has 116 valence electrons. The number of carboxylic acids is 1. The fourth-order valence-electron chi connectivity index (χ4n) is 1.85. The molecule has 1 aromatic rings. The highest BCUT2D eigenvalue weighted by Crippen LogP contribution is 2.19. The van der Waals surface area contributed by atoms with Crippen LogP contribution in [0.2, 0.25) is 0 Å². The lowest BCUT2D eigenvalue weighted by atomic mass is 9.87. The maximum Gasteiger partial charge on any atom is 0.326 e. The van der Waals surface area contributed by atoms with Crippen molar-refractivity contribution in [3.05, 3.63) is 29.8 Å². The molecule has 1 rings (SSSR count). The number of carboxylic acid groups (broad SMARTS) is 1. The molecule has 0 aliphatic carbocycles. The van der Waals surface area contributed by atoms with Gasteiger partial charge >= 0.3 is 12.0 Å². The standard InChI is InChI=1S/C15H22N2O4/c1-15(2,3)12(13(18)19)17-14(20)16-11-7-5-6-10(8-11)9-21-4/h5-8,12H,9H2,1-4H3,(H,18,19)(H2,16,17,20)/t12-/m1/s1. The van der Waals surface area contributed by atoms with Gasteiger partial charge in [-0.15, -0.1) is 0 Å². The van der Waals surface area contributed by atoms with Crippen LogP contribution in [0.25, 0.3) is 0 Å². The molecular weight excluding hydrogens is 272 g/mol. The second-order valence-electron chi connectivity index (χ2n) is 5.87. The third-order valence-electron chi connectivity index (χ3n) is 2.88. The fourth-order valence-corrected chi connectivity index (χ4v) is 1.85. The lowest BCUT2D eigenvalue weighted by molar-refractivity contribution is -0.141. The number of urea groups is 1. The summed E-state index contributed by atoms with van der Waals surface area (Å²) >= 11 is 0. The molecule has 0 fully saturated rings. The van der Waals surface area contributed by atoms with Crippen LogP contribution in [0.1, 0.15) is 26.3 Å². The summed E-state index contributed by atoms with van der Waals surface area (Å²) in [7, 11) is 1.59. The number of carbonyl (C=O) groups is 2. The van der Waals surface area contributed by atoms with Crippen molar-refractivity contribution >= 4 is 17.7 Å². The van der Waals surface area contributed by atoms with Gasteiger partial charge < -0.3 is 20.5 Å². The molecule has 0 unspecified atom stereocenters. The molecule has 0 bridgehead atoms. The summed E-state index contributed by atoms with van der Waals surface area (Å²) in [5.41, 5.74) is 0.919. The molecule has 21 heavy (non-hydrogen) atoms. The minimum absolute atomic E-state index is 0.441. The zero-order valence-electron chi connectivity index (χ0n) is 12.8. The third kappa shape index (κ3) is 5.43. The van der Waals surface area contributed by atoms with E-state index in [1.807, 2.05) is 6.07 Å². The fraction of sp³-hybridized carbons (Fsp3) is 0.467. The highest BCUT2D eigenvalue weighted by molar-refractivity contribution is 5.92. The molecule has 0 spiro atoms. The summed E-state index contributed by atoms with van der Waals surface area (Å²) in [4.78, 5) is 23.1. The molecule has 6 heteroatoms. The van der Waals surface area contributed by atoms with Crippen LogP contribution >= 0.6 is 0 Å². The first kappa shape index (κ1) is 17.0. The quantitative estimate of drug-likeness (QED) is 0.778. The number of rotatable bonds is 5. The van der Waals surface area contributed by atoms with Crippen LogP contribution in [0.4, 0.5) is 10.5 Å². The summed E-state index contributed by atoms with van der Waals surface area (Å²) in [5.74, 6) is -1.06. The normalized spacial score (nSPS) is 12.6. The van der Waals surface area contributed by atoms with Gasteiger partial charge in [-0.1, -0.05) is 32.9 Å². The average Bonchev–Trinajstić information content (AvgIpc) is 2.35. The van der Waals surface area contributed by atoms with Gasteiger partial charge in [0.2, 0.25) is 0 Å². The van der Waals surface area contributed by atoms with Crippen molar-refractivity contribution in [1.29, 1.82) is 0 Å². The number of benzene rings is 1. The van der Waals surface area contributed by atoms with Crippen molar-refractivity contribution in [1.82, 2.24) is 5.32 Å². The van der Waals surface area contributed by atoms with Crippen LogP contribution in [-0.2, 0) is 16.1 Å². The summed E-state index contributed by atoms with van der Waals surface area (Å²) < 4.78 is 5.02. The molecular formula is C15H22N2O4. The topological polar surface area (TPSA) is 87.7 Å². The van der Waals surface area contributed by atoms with E-state index in [4.69, 9.17) is 4.74 Å². The van der Waals surface area contributed by atoms with E-state index in [0.717, 1.165) is 5.56 Å². The Kier molecular flexibility index (Phi) is 5.72. The Balaban J connectivity index is 2.72. The molecule has 2 amide bonds. The predicted molar refractivity (Wildman–Crippen MR) is 80.2 cm³/mol. The molecule has 0 saturated heterocycles. The first-order chi connectivity index (χ1) is 9.74. The number of ether oxygens (including phenoxy) is 1. The van der Waals surface area contributed by atoms with Crippen LogP contribution in [0.15, 0.2) is 24.3 Å². The Hall–Kier alpha value is -2.08. The minimum atomic E-state index is -1.06. The number of methoxy groups -OCH3 is 1. The lowest BCUT2D eigenvalue weighted by Gasteiger charge is -2.27. The first-order valence-electron chi connectivity index (χ1n) is 6.62. The Bertz CT molecular complexity index is 509. The Morgan fingerprint density at radius 3 is 2.52 bits per heavy atom. The largest absolute Gasteiger partial charge is 0.480 e. The van der Waals surface area contributed by atoms with E-state index in [-0.39, 0.29) is 0 Å². The van der Waals surface area contributed by atoms with Gasteiger partial charge in [0.05, 0.1) is 6.61 Å². The summed E-state index contributed by atoms with van der Waals surface area (Å²) in [6.07, 6.45) is 0. The Morgan fingerprint density at radius 2 is 2.00 bits per heavy atom. The van der Waals surface area contributed by atoms with Gasteiger partial charge in [0.15, 0.2) is 0 Å². The van der Waals surface area contributed by atoms with Crippen LogP contribution in [0.3, 0.4) is 0 Å². The highest BCUT2D eigenvalue weighted by Gasteiger charge is 2.32. The number of hydrogen-bond acceptors (Lipinski definition) is 3. The maximum atomic E-state index is 11.9. The van der Waals surface area contributed by atoms with Crippen molar-refractivity contribution in [2.45, 2.75) is 33.4 Å². The van der Waals surface area contributed by atoms with Crippen LogP contribution in [-0.4, -0.2) is 30.3 Å². The van der Waals surface area contributed by atoms with Crippen molar-refractivity contribution < 1.29 is 19.4 Å². The first-order valence-corrected chi connectivity index (χ1v) is 6.62. The van der Waals surface area contributed by atoms with Crippen LogP contribution in [0.5, 0.6) is 0 Å². The number of hydrogen-bond donors (Lipinski definition) is 3. The summed E-state index contributed by atoms with van der Waals surface area (Å²) in [5, 5.41) is 14.3. The highest BCUT2D eigenvalue weighted by atomic mass is 16.5. The van der Waals surface area contributed by atoms with E-state index in [1.54, 1.807) is 46.1 Å². The number of aliphatic carboxylic acids is 1. The zero-order chi connectivity index (χ0) is 16.0. The molecule has 0 radical (unpaired) electrons. The number of amides is 2. The molecule has 0 saturated carbocycles. The van der Waals surface area contributed by atoms with E-state index in [9.17, 15) is 14.7 Å². The molecule has 0 aromatic heterocycles. The smallest absolute Gasteiger partial charge is 0.326 e. The monoisotopic (exact) mass is 294 g/mol. The van der Waals surface area contributed by atoms with Gasteiger partial charge in [-0.3, -0.25) is 0 Å². The third-order valence-corrected chi connectivity index (χ3v) is 2.88. The summed E-state index contributed by atoms with van der Waals surface area (Å²) in [6, 6.07) is 5.65. The maximum absolute atomic E-state index is 11.9. The Morgan fingerprint density at radius 1 is 1.33 bits per heavy atom. The van der Waals surface area contributed by atoms with Gasteiger partial charge in [-0.2, -0.15) is 0 Å².